The molecule has 0 spiro atoms. The fourth-order valence-electron chi connectivity index (χ4n) is 4.68. The van der Waals surface area contributed by atoms with E-state index < -0.39 is 0 Å². The van der Waals surface area contributed by atoms with Gasteiger partial charge in [-0.3, -0.25) is 4.98 Å². The van der Waals surface area contributed by atoms with Crippen LogP contribution in [0.4, 0.5) is 0 Å². The summed E-state index contributed by atoms with van der Waals surface area (Å²) in [6, 6.07) is 20.7. The zero-order chi connectivity index (χ0) is 21.2. The number of fused-ring (bicyclic) bond motifs is 4. The second-order valence-corrected chi connectivity index (χ2v) is 9.47. The molecule has 6 rings (SSSR count). The molecule has 0 N–H and O–H groups in total. The lowest BCUT2D eigenvalue weighted by molar-refractivity contribution is 0.649. The number of thiazole rings is 1. The molecule has 3 heterocycles. The molecule has 1 aliphatic carbocycles. The monoisotopic (exact) mass is 420 g/mol. The van der Waals surface area contributed by atoms with Crippen LogP contribution in [0.15, 0.2) is 66.9 Å². The topological polar surface area (TPSA) is 51.6 Å². The Kier molecular flexibility index (Phi) is 3.86. The van der Waals surface area contributed by atoms with Crippen molar-refractivity contribution in [3.8, 4) is 33.3 Å². The molecule has 0 unspecified atom stereocenters. The maximum atomic E-state index is 5.04. The van der Waals surface area contributed by atoms with Gasteiger partial charge < -0.3 is 0 Å². The highest BCUT2D eigenvalue weighted by Crippen LogP contribution is 2.49. The van der Waals surface area contributed by atoms with Gasteiger partial charge in [-0.05, 0) is 36.8 Å². The summed E-state index contributed by atoms with van der Waals surface area (Å²) in [6.07, 6.45) is 1.82. The van der Waals surface area contributed by atoms with Gasteiger partial charge in [-0.2, -0.15) is 0 Å². The molecule has 31 heavy (non-hydrogen) atoms. The van der Waals surface area contributed by atoms with Crippen LogP contribution in [0, 0.1) is 6.92 Å². The van der Waals surface area contributed by atoms with Crippen molar-refractivity contribution >= 4 is 21.6 Å². The number of benzene rings is 2. The number of hydrogen-bond acceptors (Lipinski definition) is 5. The lowest BCUT2D eigenvalue weighted by Crippen LogP contribution is -2.17. The molecule has 5 aromatic rings. The Morgan fingerprint density at radius 1 is 0.871 bits per heavy atom. The van der Waals surface area contributed by atoms with Crippen molar-refractivity contribution in [3.05, 3.63) is 83.7 Å². The number of pyridine rings is 1. The summed E-state index contributed by atoms with van der Waals surface area (Å²) in [5.41, 5.74) is 8.51. The average Bonchev–Trinajstić information content (AvgIpc) is 3.32. The number of rotatable bonds is 2. The molecule has 150 valence electrons. The first-order valence-electron chi connectivity index (χ1n) is 10.3. The van der Waals surface area contributed by atoms with Crippen LogP contribution in [0.3, 0.4) is 0 Å². The average molecular weight is 421 g/mol. The van der Waals surface area contributed by atoms with E-state index in [0.29, 0.717) is 0 Å². The van der Waals surface area contributed by atoms with Gasteiger partial charge in [0.15, 0.2) is 5.82 Å². The van der Waals surface area contributed by atoms with Crippen molar-refractivity contribution in [1.82, 2.24) is 19.9 Å². The molecule has 0 radical (unpaired) electrons. The summed E-state index contributed by atoms with van der Waals surface area (Å²) in [5.74, 6) is 0.730. The molecule has 5 heteroatoms. The minimum absolute atomic E-state index is 0.0983. The highest BCUT2D eigenvalue weighted by molar-refractivity contribution is 7.21. The highest BCUT2D eigenvalue weighted by Gasteiger charge is 2.38. The van der Waals surface area contributed by atoms with E-state index in [-0.39, 0.29) is 5.41 Å². The maximum Gasteiger partial charge on any atom is 0.160 e. The summed E-state index contributed by atoms with van der Waals surface area (Å²) in [4.78, 5) is 19.3. The number of hydrogen-bond donors (Lipinski definition) is 0. The van der Waals surface area contributed by atoms with Gasteiger partial charge >= 0.3 is 0 Å². The second-order valence-electron chi connectivity index (χ2n) is 8.44. The third-order valence-electron chi connectivity index (χ3n) is 6.10. The lowest BCUT2D eigenvalue weighted by Gasteiger charge is -2.22. The second kappa shape index (κ2) is 6.53. The summed E-state index contributed by atoms with van der Waals surface area (Å²) in [7, 11) is 0. The molecule has 0 saturated heterocycles. The number of aryl methyl sites for hydroxylation is 1. The van der Waals surface area contributed by atoms with Crippen molar-refractivity contribution in [2.45, 2.75) is 26.2 Å². The van der Waals surface area contributed by atoms with Crippen LogP contribution in [0.1, 0.15) is 30.7 Å². The van der Waals surface area contributed by atoms with E-state index in [1.54, 1.807) is 11.3 Å². The van der Waals surface area contributed by atoms with Crippen LogP contribution >= 0.6 is 11.3 Å². The van der Waals surface area contributed by atoms with Gasteiger partial charge in [0.05, 0.1) is 21.6 Å². The molecule has 0 fully saturated rings. The lowest BCUT2D eigenvalue weighted by atomic mass is 9.82. The Hall–Kier alpha value is -3.44. The molecule has 0 aliphatic heterocycles. The third kappa shape index (κ3) is 2.73. The van der Waals surface area contributed by atoms with Crippen LogP contribution in [0.2, 0.25) is 0 Å². The zero-order valence-corrected chi connectivity index (χ0v) is 18.4. The van der Waals surface area contributed by atoms with Gasteiger partial charge in [0, 0.05) is 34.0 Å². The standard InChI is InChI=1S/C26H20N4S/c1-15-22-23(17-8-4-5-9-18(17)26(22,2)3)30-24(28-15)16-12-13-27-20(14-16)25-29-19-10-6-7-11-21(19)31-25/h4-14H,1-3H3. The van der Waals surface area contributed by atoms with Gasteiger partial charge in [0.1, 0.15) is 5.01 Å². The first-order valence-corrected chi connectivity index (χ1v) is 11.2. The quantitative estimate of drug-likeness (QED) is 0.330. The molecular formula is C26H20N4S. The van der Waals surface area contributed by atoms with E-state index in [2.05, 4.69) is 56.1 Å². The van der Waals surface area contributed by atoms with E-state index >= 15 is 0 Å². The van der Waals surface area contributed by atoms with Gasteiger partial charge in [-0.1, -0.05) is 50.2 Å². The van der Waals surface area contributed by atoms with Crippen LogP contribution in [0.5, 0.6) is 0 Å². The summed E-state index contributed by atoms with van der Waals surface area (Å²) in [5, 5.41) is 0.910. The summed E-state index contributed by atoms with van der Waals surface area (Å²) >= 11 is 1.65. The van der Waals surface area contributed by atoms with E-state index in [1.165, 1.54) is 16.7 Å². The van der Waals surface area contributed by atoms with Crippen LogP contribution < -0.4 is 0 Å². The molecule has 0 atom stereocenters. The molecule has 2 aromatic carbocycles. The zero-order valence-electron chi connectivity index (χ0n) is 17.5. The van der Waals surface area contributed by atoms with E-state index in [1.807, 2.05) is 36.5 Å². The first-order chi connectivity index (χ1) is 15.0. The molecule has 0 bridgehead atoms. The first kappa shape index (κ1) is 18.3. The van der Waals surface area contributed by atoms with Gasteiger partial charge in [0.2, 0.25) is 0 Å². The number of para-hydroxylation sites is 1. The Balaban J connectivity index is 1.50. The fraction of sp³-hybridized carbons (Fsp3) is 0.154. The SMILES string of the molecule is Cc1nc(-c2ccnc(-c3nc4ccccc4s3)c2)nc2c1C(C)(C)c1ccccc1-2. The highest BCUT2D eigenvalue weighted by atomic mass is 32.1. The molecule has 0 amide bonds. The van der Waals surface area contributed by atoms with Crippen molar-refractivity contribution in [2.24, 2.45) is 0 Å². The van der Waals surface area contributed by atoms with Crippen molar-refractivity contribution in [2.75, 3.05) is 0 Å². The Bertz CT molecular complexity index is 1450. The van der Waals surface area contributed by atoms with E-state index in [0.717, 1.165) is 43.7 Å². The minimum Gasteiger partial charge on any atom is -0.254 e. The molecule has 1 aliphatic rings. The Labute approximate surface area is 184 Å². The van der Waals surface area contributed by atoms with Crippen LogP contribution in [-0.4, -0.2) is 19.9 Å². The molecular weight excluding hydrogens is 400 g/mol. The third-order valence-corrected chi connectivity index (χ3v) is 7.16. The van der Waals surface area contributed by atoms with E-state index in [9.17, 15) is 0 Å². The van der Waals surface area contributed by atoms with Crippen LogP contribution in [0.25, 0.3) is 43.6 Å². The Morgan fingerprint density at radius 2 is 1.68 bits per heavy atom. The smallest absolute Gasteiger partial charge is 0.160 e. The fourth-order valence-corrected chi connectivity index (χ4v) is 5.62. The van der Waals surface area contributed by atoms with Crippen LogP contribution in [-0.2, 0) is 5.41 Å². The van der Waals surface area contributed by atoms with Crippen molar-refractivity contribution in [1.29, 1.82) is 0 Å². The molecule has 0 saturated carbocycles. The van der Waals surface area contributed by atoms with Gasteiger partial charge in [0.25, 0.3) is 0 Å². The maximum absolute atomic E-state index is 5.04. The van der Waals surface area contributed by atoms with Crippen molar-refractivity contribution < 1.29 is 0 Å². The Morgan fingerprint density at radius 3 is 2.55 bits per heavy atom. The minimum atomic E-state index is -0.0983. The number of aromatic nitrogens is 4. The van der Waals surface area contributed by atoms with E-state index in [4.69, 9.17) is 15.0 Å². The van der Waals surface area contributed by atoms with Gasteiger partial charge in [-0.25, -0.2) is 15.0 Å². The normalized spacial score (nSPS) is 13.9. The molecule has 4 nitrogen and oxygen atoms in total. The predicted octanol–water partition coefficient (Wildman–Crippen LogP) is 6.43. The predicted molar refractivity (Wildman–Crippen MR) is 126 cm³/mol. The molecule has 3 aromatic heterocycles. The number of nitrogens with zero attached hydrogens (tertiary/aromatic N) is 4. The van der Waals surface area contributed by atoms with Crippen molar-refractivity contribution in [3.63, 3.8) is 0 Å². The van der Waals surface area contributed by atoms with Gasteiger partial charge in [-0.15, -0.1) is 11.3 Å². The summed E-state index contributed by atoms with van der Waals surface area (Å²) < 4.78 is 1.16. The largest absolute Gasteiger partial charge is 0.254 e. The summed E-state index contributed by atoms with van der Waals surface area (Å²) in [6.45, 7) is 6.60.